The lowest BCUT2D eigenvalue weighted by molar-refractivity contribution is 0.00940. The zero-order chi connectivity index (χ0) is 14.8. The van der Waals surface area contributed by atoms with Gasteiger partial charge in [0.15, 0.2) is 0 Å². The lowest BCUT2D eigenvalue weighted by Gasteiger charge is -2.49. The van der Waals surface area contributed by atoms with E-state index >= 15 is 0 Å². The molecule has 2 rings (SSSR count). The predicted octanol–water partition coefficient (Wildman–Crippen LogP) is 1.21. The minimum absolute atomic E-state index is 0.249. The Morgan fingerprint density at radius 3 is 2.50 bits per heavy atom. The van der Waals surface area contributed by atoms with Crippen LogP contribution in [0.1, 0.15) is 40.0 Å². The number of rotatable bonds is 3. The van der Waals surface area contributed by atoms with E-state index in [4.69, 9.17) is 5.73 Å². The van der Waals surface area contributed by atoms with Crippen LogP contribution in [0.15, 0.2) is 0 Å². The van der Waals surface area contributed by atoms with Crippen LogP contribution in [0.4, 0.5) is 0 Å². The summed E-state index contributed by atoms with van der Waals surface area (Å²) in [4.78, 5) is 7.80. The number of likely N-dealkylation sites (N-methyl/N-ethyl adjacent to an activating group) is 1. The van der Waals surface area contributed by atoms with E-state index in [1.165, 1.54) is 52.0 Å². The molecular weight excluding hydrogens is 248 g/mol. The van der Waals surface area contributed by atoms with Crippen molar-refractivity contribution in [2.45, 2.75) is 57.7 Å². The van der Waals surface area contributed by atoms with Crippen LogP contribution in [0.25, 0.3) is 0 Å². The Balaban J connectivity index is 2.05. The number of hydrogen-bond donors (Lipinski definition) is 1. The van der Waals surface area contributed by atoms with Crippen molar-refractivity contribution < 1.29 is 0 Å². The second-order valence-electron chi connectivity index (χ2n) is 7.19. The molecule has 2 N–H and O–H groups in total. The van der Waals surface area contributed by atoms with Crippen molar-refractivity contribution in [1.82, 2.24) is 14.7 Å². The van der Waals surface area contributed by atoms with Gasteiger partial charge < -0.3 is 15.5 Å². The largest absolute Gasteiger partial charge is 0.329 e. The van der Waals surface area contributed by atoms with Gasteiger partial charge in [-0.2, -0.15) is 0 Å². The summed E-state index contributed by atoms with van der Waals surface area (Å²) >= 11 is 0. The van der Waals surface area contributed by atoms with Crippen LogP contribution in [-0.4, -0.2) is 78.6 Å². The minimum Gasteiger partial charge on any atom is -0.329 e. The first-order chi connectivity index (χ1) is 9.48. The van der Waals surface area contributed by atoms with Crippen LogP contribution in [0.2, 0.25) is 0 Å². The number of nitrogens with zero attached hydrogens (tertiary/aromatic N) is 3. The molecule has 4 heteroatoms. The smallest absolute Gasteiger partial charge is 0.0345 e. The first-order valence-corrected chi connectivity index (χ1v) is 8.38. The van der Waals surface area contributed by atoms with E-state index in [0.717, 1.165) is 6.54 Å². The highest BCUT2D eigenvalue weighted by Crippen LogP contribution is 2.30. The lowest BCUT2D eigenvalue weighted by Crippen LogP contribution is -2.62. The molecule has 2 unspecified atom stereocenters. The third-order valence-corrected chi connectivity index (χ3v) is 5.69. The van der Waals surface area contributed by atoms with Gasteiger partial charge in [-0.3, -0.25) is 4.90 Å². The van der Waals surface area contributed by atoms with Crippen LogP contribution >= 0.6 is 0 Å². The maximum absolute atomic E-state index is 6.27. The molecule has 2 fully saturated rings. The van der Waals surface area contributed by atoms with Gasteiger partial charge in [-0.1, -0.05) is 0 Å². The fraction of sp³-hybridized carbons (Fsp3) is 1.00. The molecule has 2 atom stereocenters. The molecule has 118 valence electrons. The molecule has 0 bridgehead atoms. The van der Waals surface area contributed by atoms with E-state index in [9.17, 15) is 0 Å². The molecule has 4 nitrogen and oxygen atoms in total. The minimum atomic E-state index is 0.249. The Labute approximate surface area is 125 Å². The standard InChI is InChI=1S/C16H34N4/c1-14(2)19-8-5-6-16(13-17,7-9-19)20-11-10-18(4)15(3)12-20/h14-15H,5-13,17H2,1-4H3. The highest BCUT2D eigenvalue weighted by atomic mass is 15.3. The normalized spacial score (nSPS) is 35.4. The Kier molecular flexibility index (Phi) is 5.46. The summed E-state index contributed by atoms with van der Waals surface area (Å²) in [5, 5.41) is 0. The fourth-order valence-corrected chi connectivity index (χ4v) is 3.84. The Morgan fingerprint density at radius 2 is 1.90 bits per heavy atom. The molecule has 2 aliphatic rings. The van der Waals surface area contributed by atoms with Gasteiger partial charge in [0.05, 0.1) is 0 Å². The SMILES string of the molecule is CC1CN(C2(CN)CCCN(C(C)C)CC2)CCN1C. The second-order valence-corrected chi connectivity index (χ2v) is 7.19. The van der Waals surface area contributed by atoms with E-state index in [1.807, 2.05) is 0 Å². The molecule has 0 amide bonds. The molecule has 0 aliphatic carbocycles. The van der Waals surface area contributed by atoms with Crippen molar-refractivity contribution in [3.63, 3.8) is 0 Å². The predicted molar refractivity (Wildman–Crippen MR) is 86.0 cm³/mol. The van der Waals surface area contributed by atoms with Crippen LogP contribution in [0.5, 0.6) is 0 Å². The average Bonchev–Trinajstić information content (AvgIpc) is 2.65. The van der Waals surface area contributed by atoms with Crippen LogP contribution in [-0.2, 0) is 0 Å². The quantitative estimate of drug-likeness (QED) is 0.844. The number of nitrogens with two attached hydrogens (primary N) is 1. The first kappa shape index (κ1) is 16.2. The molecule has 2 aliphatic heterocycles. The summed E-state index contributed by atoms with van der Waals surface area (Å²) in [7, 11) is 2.24. The maximum Gasteiger partial charge on any atom is 0.0345 e. The van der Waals surface area contributed by atoms with E-state index in [1.54, 1.807) is 0 Å². The summed E-state index contributed by atoms with van der Waals surface area (Å²) < 4.78 is 0. The average molecular weight is 282 g/mol. The van der Waals surface area contributed by atoms with Gasteiger partial charge in [0.25, 0.3) is 0 Å². The molecule has 0 spiro atoms. The Hall–Kier alpha value is -0.160. The van der Waals surface area contributed by atoms with Crippen LogP contribution in [0.3, 0.4) is 0 Å². The molecule has 0 aromatic rings. The molecule has 2 heterocycles. The summed E-state index contributed by atoms with van der Waals surface area (Å²) in [6, 6.07) is 1.31. The molecule has 0 radical (unpaired) electrons. The van der Waals surface area contributed by atoms with Crippen molar-refractivity contribution in [2.75, 3.05) is 46.3 Å². The third-order valence-electron chi connectivity index (χ3n) is 5.69. The fourth-order valence-electron chi connectivity index (χ4n) is 3.84. The van der Waals surface area contributed by atoms with E-state index in [2.05, 4.69) is 42.5 Å². The Bertz CT molecular complexity index is 307. The molecule has 0 aromatic heterocycles. The third kappa shape index (κ3) is 3.35. The zero-order valence-corrected chi connectivity index (χ0v) is 13.9. The van der Waals surface area contributed by atoms with Crippen molar-refractivity contribution in [1.29, 1.82) is 0 Å². The summed E-state index contributed by atoms with van der Waals surface area (Å²) in [5.41, 5.74) is 6.52. The number of hydrogen-bond acceptors (Lipinski definition) is 4. The zero-order valence-electron chi connectivity index (χ0n) is 13.9. The van der Waals surface area contributed by atoms with E-state index in [-0.39, 0.29) is 5.54 Å². The van der Waals surface area contributed by atoms with E-state index in [0.29, 0.717) is 12.1 Å². The summed E-state index contributed by atoms with van der Waals surface area (Å²) in [6.45, 7) is 13.8. The summed E-state index contributed by atoms with van der Waals surface area (Å²) in [5.74, 6) is 0. The first-order valence-electron chi connectivity index (χ1n) is 8.38. The van der Waals surface area contributed by atoms with Crippen molar-refractivity contribution >= 4 is 0 Å². The number of likely N-dealkylation sites (tertiary alicyclic amines) is 1. The van der Waals surface area contributed by atoms with Gasteiger partial charge in [0, 0.05) is 50.3 Å². The molecule has 2 saturated heterocycles. The molecule has 0 saturated carbocycles. The van der Waals surface area contributed by atoms with Gasteiger partial charge >= 0.3 is 0 Å². The van der Waals surface area contributed by atoms with Gasteiger partial charge in [-0.05, 0) is 53.6 Å². The van der Waals surface area contributed by atoms with Crippen molar-refractivity contribution in [2.24, 2.45) is 5.73 Å². The highest BCUT2D eigenvalue weighted by Gasteiger charge is 2.39. The monoisotopic (exact) mass is 282 g/mol. The van der Waals surface area contributed by atoms with Gasteiger partial charge in [-0.25, -0.2) is 0 Å². The van der Waals surface area contributed by atoms with E-state index < -0.39 is 0 Å². The molecule has 20 heavy (non-hydrogen) atoms. The van der Waals surface area contributed by atoms with Crippen molar-refractivity contribution in [3.8, 4) is 0 Å². The van der Waals surface area contributed by atoms with Crippen LogP contribution in [0, 0.1) is 0 Å². The maximum atomic E-state index is 6.27. The lowest BCUT2D eigenvalue weighted by atomic mass is 9.87. The van der Waals surface area contributed by atoms with Gasteiger partial charge in [-0.15, -0.1) is 0 Å². The molecule has 0 aromatic carbocycles. The van der Waals surface area contributed by atoms with Crippen molar-refractivity contribution in [3.05, 3.63) is 0 Å². The number of piperazine rings is 1. The summed E-state index contributed by atoms with van der Waals surface area (Å²) in [6.07, 6.45) is 3.79. The second kappa shape index (κ2) is 6.73. The highest BCUT2D eigenvalue weighted by molar-refractivity contribution is 4.97. The Morgan fingerprint density at radius 1 is 1.15 bits per heavy atom. The van der Waals surface area contributed by atoms with Gasteiger partial charge in [0.1, 0.15) is 0 Å². The molecular formula is C16H34N4. The van der Waals surface area contributed by atoms with Gasteiger partial charge in [0.2, 0.25) is 0 Å². The topological polar surface area (TPSA) is 35.7 Å². The van der Waals surface area contributed by atoms with Crippen LogP contribution < -0.4 is 5.73 Å².